The number of aromatic hydroxyl groups is 1. The van der Waals surface area contributed by atoms with Crippen LogP contribution in [0.2, 0.25) is 0 Å². The Morgan fingerprint density at radius 2 is 2.04 bits per heavy atom. The van der Waals surface area contributed by atoms with Gasteiger partial charge in [-0.05, 0) is 25.0 Å². The first-order valence-corrected chi connectivity index (χ1v) is 9.09. The van der Waals surface area contributed by atoms with Gasteiger partial charge >= 0.3 is 10.2 Å². The minimum absolute atomic E-state index is 0.287. The number of hydrogen-bond donors (Lipinski definition) is 2. The van der Waals surface area contributed by atoms with E-state index in [9.17, 15) is 22.7 Å². The number of aromatic nitrogens is 3. The molecular formula is C14H14FN5O4S. The van der Waals surface area contributed by atoms with Crippen LogP contribution in [0.3, 0.4) is 0 Å². The van der Waals surface area contributed by atoms with Crippen molar-refractivity contribution in [2.75, 3.05) is 10.8 Å². The zero-order valence-corrected chi connectivity index (χ0v) is 13.8. The van der Waals surface area contributed by atoms with Crippen molar-refractivity contribution in [2.24, 2.45) is 0 Å². The molecule has 25 heavy (non-hydrogen) atoms. The van der Waals surface area contributed by atoms with Gasteiger partial charge in [0, 0.05) is 18.5 Å². The van der Waals surface area contributed by atoms with Gasteiger partial charge in [-0.25, -0.2) is 13.4 Å². The van der Waals surface area contributed by atoms with Crippen molar-refractivity contribution < 1.29 is 22.7 Å². The van der Waals surface area contributed by atoms with Crippen LogP contribution in [0.4, 0.5) is 10.1 Å². The zero-order valence-electron chi connectivity index (χ0n) is 12.9. The third-order valence-corrected chi connectivity index (χ3v) is 5.61. The van der Waals surface area contributed by atoms with Gasteiger partial charge in [0.1, 0.15) is 23.8 Å². The Balaban J connectivity index is 1.80. The molecule has 4 rings (SSSR count). The molecule has 1 aromatic heterocycles. The number of phenolic OH excluding ortho intramolecular Hbond substituents is 1. The second-order valence-electron chi connectivity index (χ2n) is 5.91. The number of phenols is 1. The van der Waals surface area contributed by atoms with Crippen LogP contribution in [0.5, 0.6) is 5.75 Å². The van der Waals surface area contributed by atoms with Crippen molar-refractivity contribution in [1.82, 2.24) is 19.5 Å². The van der Waals surface area contributed by atoms with Gasteiger partial charge in [0.05, 0.1) is 0 Å². The maximum Gasteiger partial charge on any atom is 0.326 e. The number of rotatable bonds is 2. The average Bonchev–Trinajstić information content (AvgIpc) is 3.07. The number of hydrogen-bond acceptors (Lipinski definition) is 6. The number of carbonyl (C=O) groups is 1. The van der Waals surface area contributed by atoms with E-state index in [1.807, 2.05) is 4.57 Å². The first-order valence-electron chi connectivity index (χ1n) is 7.65. The molecule has 0 saturated carbocycles. The molecule has 2 aliphatic heterocycles. The Bertz CT molecular complexity index is 964. The molecule has 0 spiro atoms. The standard InChI is InChI=1S/C14H14FN5O4S/c15-9-5-8(14-17-16-11-3-1-2-4-19(11)14)6-10(21)13(9)20-7-12(22)18-25(20,23)24/h5-6,21H,1-4,7H2,(H,18,22). The molecule has 1 aromatic carbocycles. The van der Waals surface area contributed by atoms with E-state index in [0.29, 0.717) is 16.7 Å². The van der Waals surface area contributed by atoms with E-state index in [-0.39, 0.29) is 5.56 Å². The quantitative estimate of drug-likeness (QED) is 0.789. The van der Waals surface area contributed by atoms with Crippen molar-refractivity contribution in [1.29, 1.82) is 0 Å². The topological polar surface area (TPSA) is 117 Å². The highest BCUT2D eigenvalue weighted by atomic mass is 32.2. The fraction of sp³-hybridized carbons (Fsp3) is 0.357. The third kappa shape index (κ3) is 2.51. The fourth-order valence-electron chi connectivity index (χ4n) is 3.13. The van der Waals surface area contributed by atoms with E-state index in [0.717, 1.165) is 31.2 Å². The molecule has 1 saturated heterocycles. The summed E-state index contributed by atoms with van der Waals surface area (Å²) in [5.41, 5.74) is -0.282. The van der Waals surface area contributed by atoms with E-state index in [1.54, 1.807) is 4.72 Å². The minimum Gasteiger partial charge on any atom is -0.506 e. The van der Waals surface area contributed by atoms with E-state index >= 15 is 0 Å². The molecule has 9 nitrogen and oxygen atoms in total. The largest absolute Gasteiger partial charge is 0.506 e. The van der Waals surface area contributed by atoms with Crippen LogP contribution in [0, 0.1) is 5.82 Å². The molecule has 2 aromatic rings. The number of amides is 1. The second kappa shape index (κ2) is 5.41. The van der Waals surface area contributed by atoms with Crippen molar-refractivity contribution in [3.05, 3.63) is 23.8 Å². The molecule has 1 amide bonds. The van der Waals surface area contributed by atoms with Crippen molar-refractivity contribution in [3.8, 4) is 17.1 Å². The molecule has 1 fully saturated rings. The first kappa shape index (κ1) is 15.8. The van der Waals surface area contributed by atoms with Crippen LogP contribution < -0.4 is 9.03 Å². The third-order valence-electron chi connectivity index (χ3n) is 4.23. The summed E-state index contributed by atoms with van der Waals surface area (Å²) in [5.74, 6) is -1.16. The summed E-state index contributed by atoms with van der Waals surface area (Å²) in [6.45, 7) is 0.104. The molecule has 11 heteroatoms. The minimum atomic E-state index is -4.21. The van der Waals surface area contributed by atoms with E-state index in [4.69, 9.17) is 0 Å². The van der Waals surface area contributed by atoms with Gasteiger partial charge in [-0.3, -0.25) is 4.79 Å². The smallest absolute Gasteiger partial charge is 0.326 e. The molecule has 2 N–H and O–H groups in total. The molecule has 2 aliphatic rings. The SMILES string of the molecule is O=C1CN(c2c(O)cc(-c3nnc4n3CCCC4)cc2F)S(=O)(=O)N1. The summed E-state index contributed by atoms with van der Waals surface area (Å²) in [6, 6.07) is 2.31. The lowest BCUT2D eigenvalue weighted by molar-refractivity contribution is -0.117. The molecule has 0 radical (unpaired) electrons. The van der Waals surface area contributed by atoms with Gasteiger partial charge in [0.2, 0.25) is 0 Å². The number of nitrogens with one attached hydrogen (secondary N) is 1. The van der Waals surface area contributed by atoms with E-state index < -0.39 is 39.9 Å². The summed E-state index contributed by atoms with van der Waals surface area (Å²) in [4.78, 5) is 11.3. The Hall–Kier alpha value is -2.69. The maximum atomic E-state index is 14.6. The first-order chi connectivity index (χ1) is 11.9. The summed E-state index contributed by atoms with van der Waals surface area (Å²) in [7, 11) is -4.21. The number of benzene rings is 1. The van der Waals surface area contributed by atoms with E-state index in [1.165, 1.54) is 6.07 Å². The second-order valence-corrected chi connectivity index (χ2v) is 7.51. The number of anilines is 1. The lowest BCUT2D eigenvalue weighted by Gasteiger charge is -2.18. The lowest BCUT2D eigenvalue weighted by Crippen LogP contribution is -2.30. The van der Waals surface area contributed by atoms with Crippen molar-refractivity contribution in [3.63, 3.8) is 0 Å². The van der Waals surface area contributed by atoms with Crippen LogP contribution in [-0.2, 0) is 28.0 Å². The fourth-order valence-corrected chi connectivity index (χ4v) is 4.30. The molecule has 0 unspecified atom stereocenters. The molecular weight excluding hydrogens is 353 g/mol. The van der Waals surface area contributed by atoms with Gasteiger partial charge < -0.3 is 9.67 Å². The number of halogens is 1. The maximum absolute atomic E-state index is 14.6. The summed E-state index contributed by atoms with van der Waals surface area (Å²) in [6.07, 6.45) is 2.73. The number of fused-ring (bicyclic) bond motifs is 1. The molecule has 0 aliphatic carbocycles. The normalized spacial score (nSPS) is 18.9. The molecule has 0 bridgehead atoms. The highest BCUT2D eigenvalue weighted by Gasteiger charge is 2.37. The summed E-state index contributed by atoms with van der Waals surface area (Å²) in [5, 5.41) is 18.3. The number of nitrogens with zero attached hydrogens (tertiary/aromatic N) is 4. The predicted molar refractivity (Wildman–Crippen MR) is 84.4 cm³/mol. The highest BCUT2D eigenvalue weighted by molar-refractivity contribution is 7.92. The predicted octanol–water partition coefficient (Wildman–Crippen LogP) is 0.307. The summed E-state index contributed by atoms with van der Waals surface area (Å²) < 4.78 is 42.4. The van der Waals surface area contributed by atoms with Gasteiger partial charge in [-0.15, -0.1) is 10.2 Å². The lowest BCUT2D eigenvalue weighted by atomic mass is 10.1. The summed E-state index contributed by atoms with van der Waals surface area (Å²) >= 11 is 0. The van der Waals surface area contributed by atoms with Crippen LogP contribution in [0.15, 0.2) is 12.1 Å². The molecule has 3 heterocycles. The van der Waals surface area contributed by atoms with Gasteiger partial charge in [0.15, 0.2) is 11.6 Å². The van der Waals surface area contributed by atoms with Crippen LogP contribution in [-0.4, -0.2) is 40.7 Å². The number of carbonyl (C=O) groups excluding carboxylic acids is 1. The van der Waals surface area contributed by atoms with Crippen molar-refractivity contribution in [2.45, 2.75) is 25.8 Å². The molecule has 0 atom stereocenters. The van der Waals surface area contributed by atoms with Crippen LogP contribution in [0.25, 0.3) is 11.4 Å². The zero-order chi connectivity index (χ0) is 17.8. The van der Waals surface area contributed by atoms with Crippen LogP contribution >= 0.6 is 0 Å². The highest BCUT2D eigenvalue weighted by Crippen LogP contribution is 2.37. The number of aryl methyl sites for hydroxylation is 1. The molecule has 132 valence electrons. The Labute approximate surface area is 142 Å². The van der Waals surface area contributed by atoms with Gasteiger partial charge in [-0.2, -0.15) is 8.42 Å². The Kier molecular flexibility index (Phi) is 3.42. The average molecular weight is 367 g/mol. The van der Waals surface area contributed by atoms with Crippen LogP contribution in [0.1, 0.15) is 18.7 Å². The monoisotopic (exact) mass is 367 g/mol. The van der Waals surface area contributed by atoms with E-state index in [2.05, 4.69) is 10.2 Å². The van der Waals surface area contributed by atoms with Gasteiger partial charge in [-0.1, -0.05) is 0 Å². The van der Waals surface area contributed by atoms with Crippen molar-refractivity contribution >= 4 is 21.8 Å². The van der Waals surface area contributed by atoms with Gasteiger partial charge in [0.25, 0.3) is 5.91 Å². The Morgan fingerprint density at radius 1 is 1.24 bits per heavy atom. The Morgan fingerprint density at radius 3 is 2.72 bits per heavy atom.